The van der Waals surface area contributed by atoms with Crippen molar-refractivity contribution in [2.75, 3.05) is 0 Å². The number of nitriles is 1. The average Bonchev–Trinajstić information content (AvgIpc) is 1.58. The molecular formula is C78H56N18. The van der Waals surface area contributed by atoms with Gasteiger partial charge in [0.05, 0.1) is 39.4 Å². The van der Waals surface area contributed by atoms with Crippen molar-refractivity contribution >= 4 is 43.6 Å². The van der Waals surface area contributed by atoms with Gasteiger partial charge in [-0.05, 0) is 187 Å². The maximum Gasteiger partial charge on any atom is 0.164 e. The Morgan fingerprint density at radius 3 is 1.01 bits per heavy atom. The van der Waals surface area contributed by atoms with Gasteiger partial charge in [-0.1, -0.05) is 78.9 Å². The van der Waals surface area contributed by atoms with Gasteiger partial charge in [0, 0.05) is 71.7 Å². The van der Waals surface area contributed by atoms with Crippen LogP contribution in [0, 0.1) is 66.7 Å². The van der Waals surface area contributed by atoms with Crippen LogP contribution in [0.25, 0.3) is 157 Å². The van der Waals surface area contributed by atoms with E-state index in [1.165, 1.54) is 0 Å². The van der Waals surface area contributed by atoms with Crippen LogP contribution in [0.2, 0.25) is 0 Å². The van der Waals surface area contributed by atoms with Gasteiger partial charge in [0.25, 0.3) is 0 Å². The quantitative estimate of drug-likeness (QED) is 0.117. The van der Waals surface area contributed by atoms with Gasteiger partial charge >= 0.3 is 0 Å². The number of hydrogen-bond donors (Lipinski definition) is 0. The summed E-state index contributed by atoms with van der Waals surface area (Å²) in [5.74, 6) is 8.80. The molecule has 0 atom stereocenters. The molecule has 18 heteroatoms. The Morgan fingerprint density at radius 1 is 0.250 bits per heavy atom. The summed E-state index contributed by atoms with van der Waals surface area (Å²) >= 11 is 0. The molecule has 9 aromatic carbocycles. The molecule has 7 heterocycles. The van der Waals surface area contributed by atoms with Crippen molar-refractivity contribution in [1.82, 2.24) is 83.9 Å². The molecule has 0 N–H and O–H groups in total. The van der Waals surface area contributed by atoms with E-state index in [2.05, 4.69) is 144 Å². The highest BCUT2D eigenvalue weighted by atomic mass is 15.1. The predicted molar refractivity (Wildman–Crippen MR) is 374 cm³/mol. The molecule has 458 valence electrons. The highest BCUT2D eigenvalue weighted by Crippen LogP contribution is 2.45. The van der Waals surface area contributed by atoms with Crippen LogP contribution >= 0.6 is 0 Å². The van der Waals surface area contributed by atoms with Gasteiger partial charge in [0.15, 0.2) is 40.8 Å². The first kappa shape index (κ1) is 58.2. The minimum Gasteiger partial charge on any atom is -0.309 e. The van der Waals surface area contributed by atoms with Crippen LogP contribution in [0.15, 0.2) is 194 Å². The number of benzene rings is 9. The number of hydrogen-bond acceptors (Lipinski definition) is 16. The van der Waals surface area contributed by atoms with E-state index < -0.39 is 0 Å². The molecule has 0 saturated heterocycles. The van der Waals surface area contributed by atoms with Crippen molar-refractivity contribution in [3.05, 3.63) is 246 Å². The number of fused-ring (bicyclic) bond motifs is 6. The molecule has 0 radical (unpaired) electrons. The Labute approximate surface area is 551 Å². The van der Waals surface area contributed by atoms with Crippen molar-refractivity contribution < 1.29 is 0 Å². The van der Waals surface area contributed by atoms with Gasteiger partial charge in [0.1, 0.15) is 46.6 Å². The third-order valence-electron chi connectivity index (χ3n) is 17.1. The van der Waals surface area contributed by atoms with Gasteiger partial charge < -0.3 is 9.13 Å². The van der Waals surface area contributed by atoms with E-state index in [9.17, 15) is 5.26 Å². The maximum absolute atomic E-state index is 10.4. The zero-order valence-corrected chi connectivity index (χ0v) is 53.5. The van der Waals surface area contributed by atoms with E-state index in [0.29, 0.717) is 92.9 Å². The topological polar surface area (TPSA) is 227 Å². The van der Waals surface area contributed by atoms with Crippen LogP contribution in [0.5, 0.6) is 0 Å². The number of nitrogens with zero attached hydrogens (tertiary/aromatic N) is 18. The molecule has 16 aromatic rings. The molecule has 0 aliphatic rings. The van der Waals surface area contributed by atoms with Gasteiger partial charge in [-0.15, -0.1) is 0 Å². The Bertz CT molecular complexity index is 5560. The van der Waals surface area contributed by atoms with Gasteiger partial charge in [-0.3, -0.25) is 0 Å². The second-order valence-electron chi connectivity index (χ2n) is 23.8. The van der Waals surface area contributed by atoms with Crippen molar-refractivity contribution in [3.63, 3.8) is 0 Å². The molecule has 96 heavy (non-hydrogen) atoms. The summed E-state index contributed by atoms with van der Waals surface area (Å²) < 4.78 is 4.63. The first-order valence-electron chi connectivity index (χ1n) is 31.3. The van der Waals surface area contributed by atoms with E-state index in [4.69, 9.17) is 54.8 Å². The summed E-state index contributed by atoms with van der Waals surface area (Å²) in [5, 5.41) is 14.2. The summed E-state index contributed by atoms with van der Waals surface area (Å²) in [6.45, 7) is 15.1. The molecular weight excluding hydrogens is 1190 g/mol. The summed E-state index contributed by atoms with van der Waals surface area (Å²) in [7, 11) is 0. The summed E-state index contributed by atoms with van der Waals surface area (Å²) in [4.78, 5) is 72.8. The molecule has 0 aliphatic carbocycles. The Morgan fingerprint density at radius 2 is 0.604 bits per heavy atom. The van der Waals surface area contributed by atoms with E-state index in [1.807, 2.05) is 140 Å². The predicted octanol–water partition coefficient (Wildman–Crippen LogP) is 16.1. The smallest absolute Gasteiger partial charge is 0.164 e. The molecule has 16 rings (SSSR count). The minimum atomic E-state index is 0.455. The first-order chi connectivity index (χ1) is 46.7. The summed E-state index contributed by atoms with van der Waals surface area (Å²) in [5.41, 5.74) is 15.0. The molecule has 7 aromatic heterocycles. The molecule has 18 nitrogen and oxygen atoms in total. The zero-order chi connectivity index (χ0) is 65.5. The van der Waals surface area contributed by atoms with Crippen molar-refractivity contribution in [2.24, 2.45) is 0 Å². The lowest BCUT2D eigenvalue weighted by Crippen LogP contribution is -2.04. The maximum atomic E-state index is 10.4. The molecule has 0 unspecified atom stereocenters. The molecule has 0 spiro atoms. The van der Waals surface area contributed by atoms with E-state index >= 15 is 0 Å². The number of rotatable bonds is 11. The van der Waals surface area contributed by atoms with Gasteiger partial charge in [0.2, 0.25) is 0 Å². The summed E-state index contributed by atoms with van der Waals surface area (Å²) in [6, 6.07) is 68.7. The minimum absolute atomic E-state index is 0.455. The third kappa shape index (κ3) is 10.7. The number of aromatic nitrogens is 17. The number of aryl methyl sites for hydroxylation is 8. The molecule has 0 amide bonds. The highest BCUT2D eigenvalue weighted by Gasteiger charge is 2.26. The largest absolute Gasteiger partial charge is 0.309 e. The third-order valence-corrected chi connectivity index (χ3v) is 17.1. The van der Waals surface area contributed by atoms with Crippen LogP contribution in [0.4, 0.5) is 0 Å². The molecule has 0 fully saturated rings. The zero-order valence-electron chi connectivity index (χ0n) is 53.5. The lowest BCUT2D eigenvalue weighted by Gasteiger charge is -2.20. The molecule has 0 aliphatic heterocycles. The van der Waals surface area contributed by atoms with Crippen molar-refractivity contribution in [1.29, 1.82) is 5.26 Å². The Hall–Kier alpha value is -12.9. The van der Waals surface area contributed by atoms with Crippen LogP contribution in [-0.2, 0) is 0 Å². The summed E-state index contributed by atoms with van der Waals surface area (Å²) in [6.07, 6.45) is 0. The van der Waals surface area contributed by atoms with Crippen LogP contribution < -0.4 is 0 Å². The van der Waals surface area contributed by atoms with Gasteiger partial charge in [-0.2, -0.15) is 5.26 Å². The highest BCUT2D eigenvalue weighted by molar-refractivity contribution is 6.13. The average molecular weight is 1250 g/mol. The van der Waals surface area contributed by atoms with Crippen molar-refractivity contribution in [2.45, 2.75) is 55.4 Å². The monoisotopic (exact) mass is 1240 g/mol. The van der Waals surface area contributed by atoms with E-state index in [-0.39, 0.29) is 0 Å². The fourth-order valence-corrected chi connectivity index (χ4v) is 13.0. The van der Waals surface area contributed by atoms with Crippen LogP contribution in [0.3, 0.4) is 0 Å². The van der Waals surface area contributed by atoms with Crippen LogP contribution in [-0.4, -0.2) is 83.9 Å². The lowest BCUT2D eigenvalue weighted by molar-refractivity contribution is 0.928. The second kappa shape index (κ2) is 23.4. The first-order valence-corrected chi connectivity index (χ1v) is 31.3. The lowest BCUT2D eigenvalue weighted by atomic mass is 9.92. The fraction of sp³-hybridized carbons (Fsp3) is 0.103. The van der Waals surface area contributed by atoms with E-state index in [1.54, 1.807) is 0 Å². The second-order valence-corrected chi connectivity index (χ2v) is 23.8. The fourth-order valence-electron chi connectivity index (χ4n) is 13.0. The standard InChI is InChI=1S/C78H56N18/c1-42-80-43(2)85-74(84-42)55-23-30-67-63(36-55)64-37-56(75-86-44(3)81-45(4)87-75)24-31-68(64)95(67)59-27-28-60(78-93-72(51-17-11-9-12-18-51)92-73(94-78)52-19-13-10-14-20-52)61(40-59)62-35-54(53-21-15-16-50(34-53)41-79)22-29-69(62)96-70-32-25-57(76-88-46(5)82-47(6)89-76)38-65(70)66-39-58(26-33-71(66)96)77-90-48(7)83-49(8)91-77/h9-40H,1-8H3. The Kier molecular flexibility index (Phi) is 14.2. The van der Waals surface area contributed by atoms with Gasteiger partial charge in [-0.25, -0.2) is 74.8 Å². The SMILES string of the molecule is Cc1nc(C)nc(-c2ccc3c(c2)c2cc(-c4nc(C)nc(C)n4)ccc2n3-c2ccc(-c3nc(-c4ccccc4)nc(-c4ccccc4)n3)c(-c3cc(-c4cccc(C#N)c4)ccc3-n3c4ccc(-c5nc(C)nc(C)n5)cc4c4cc(-c5nc(C)nc(C)n5)ccc43)c2)n1. The Balaban J connectivity index is 1.02. The normalized spacial score (nSPS) is 11.5. The molecule has 0 bridgehead atoms. The van der Waals surface area contributed by atoms with Crippen LogP contribution in [0.1, 0.15) is 52.2 Å². The van der Waals surface area contributed by atoms with Crippen molar-refractivity contribution in [3.8, 4) is 119 Å². The molecule has 0 saturated carbocycles. The van der Waals surface area contributed by atoms with E-state index in [0.717, 1.165) is 116 Å².